The number of benzene rings is 2. The largest absolute Gasteiger partial charge is 0.305 e. The van der Waals surface area contributed by atoms with Crippen molar-refractivity contribution < 1.29 is 13.4 Å². The molecule has 2 aromatic rings. The molecule has 2 rings (SSSR count). The van der Waals surface area contributed by atoms with Gasteiger partial charge in [-0.15, -0.1) is 0 Å². The van der Waals surface area contributed by atoms with Crippen LogP contribution in [0.4, 0.5) is 10.1 Å². The van der Waals surface area contributed by atoms with E-state index < -0.39 is 16.8 Å². The minimum atomic E-state index is -1.27. The molecule has 0 radical (unpaired) electrons. The average molecular weight is 277 g/mol. The highest BCUT2D eigenvalue weighted by atomic mass is 32.2. The normalized spacial score (nSPS) is 11.9. The molecule has 2 aromatic carbocycles. The monoisotopic (exact) mass is 277 g/mol. The van der Waals surface area contributed by atoms with Crippen LogP contribution < -0.4 is 4.72 Å². The molecule has 0 saturated heterocycles. The maximum atomic E-state index is 12.8. The van der Waals surface area contributed by atoms with Crippen LogP contribution in [0.3, 0.4) is 0 Å². The van der Waals surface area contributed by atoms with Crippen LogP contribution >= 0.6 is 0 Å². The van der Waals surface area contributed by atoms with Crippen LogP contribution in [0.2, 0.25) is 0 Å². The summed E-state index contributed by atoms with van der Waals surface area (Å²) in [7, 11) is -1.27. The molecule has 0 amide bonds. The highest BCUT2D eigenvalue weighted by Crippen LogP contribution is 2.19. The summed E-state index contributed by atoms with van der Waals surface area (Å²) in [6, 6.07) is 12.1. The Morgan fingerprint density at radius 1 is 1.11 bits per heavy atom. The lowest BCUT2D eigenvalue weighted by atomic mass is 10.0. The number of para-hydroxylation sites is 1. The lowest BCUT2D eigenvalue weighted by Crippen LogP contribution is -2.09. The van der Waals surface area contributed by atoms with Crippen LogP contribution in [0.15, 0.2) is 48.5 Å². The van der Waals surface area contributed by atoms with E-state index in [9.17, 15) is 13.4 Å². The lowest BCUT2D eigenvalue weighted by molar-refractivity contribution is 0.103. The number of hydrogen-bond donors (Lipinski definition) is 1. The van der Waals surface area contributed by atoms with E-state index in [2.05, 4.69) is 4.72 Å². The second-order valence-electron chi connectivity index (χ2n) is 3.94. The quantitative estimate of drug-likeness (QED) is 0.873. The number of anilines is 1. The van der Waals surface area contributed by atoms with Crippen molar-refractivity contribution in [2.24, 2.45) is 0 Å². The topological polar surface area (TPSA) is 46.2 Å². The maximum Gasteiger partial charge on any atom is 0.195 e. The summed E-state index contributed by atoms with van der Waals surface area (Å²) in [5.74, 6) is -0.633. The van der Waals surface area contributed by atoms with Gasteiger partial charge in [-0.1, -0.05) is 12.1 Å². The SMILES string of the molecule is CS(=O)Nc1ccccc1C(=O)c1ccc(F)cc1. The zero-order valence-corrected chi connectivity index (χ0v) is 11.0. The molecular formula is C14H12FNO2S. The molecule has 0 aromatic heterocycles. The Labute approximate surface area is 113 Å². The summed E-state index contributed by atoms with van der Waals surface area (Å²) in [6.07, 6.45) is 1.49. The molecule has 0 aliphatic heterocycles. The molecule has 19 heavy (non-hydrogen) atoms. The molecule has 1 N–H and O–H groups in total. The van der Waals surface area contributed by atoms with Gasteiger partial charge in [-0.05, 0) is 36.4 Å². The standard InChI is InChI=1S/C14H12FNO2S/c1-19(18)16-13-5-3-2-4-12(13)14(17)10-6-8-11(15)9-7-10/h2-9,16H,1H3. The molecule has 0 heterocycles. The van der Waals surface area contributed by atoms with Crippen LogP contribution in [0, 0.1) is 5.82 Å². The van der Waals surface area contributed by atoms with Crippen molar-refractivity contribution in [3.8, 4) is 0 Å². The van der Waals surface area contributed by atoms with Gasteiger partial charge in [0.25, 0.3) is 0 Å². The Hall–Kier alpha value is -2.01. The highest BCUT2D eigenvalue weighted by Gasteiger charge is 2.13. The third kappa shape index (κ3) is 3.26. The molecule has 0 bridgehead atoms. The van der Waals surface area contributed by atoms with Crippen molar-refractivity contribution >= 4 is 22.5 Å². The number of nitrogens with one attached hydrogen (secondary N) is 1. The first kappa shape index (κ1) is 13.4. The fraction of sp³-hybridized carbons (Fsp3) is 0.0714. The van der Waals surface area contributed by atoms with Gasteiger partial charge in [-0.2, -0.15) is 0 Å². The van der Waals surface area contributed by atoms with E-state index in [4.69, 9.17) is 0 Å². The van der Waals surface area contributed by atoms with Gasteiger partial charge in [-0.25, -0.2) is 8.60 Å². The summed E-state index contributed by atoms with van der Waals surface area (Å²) in [5, 5.41) is 0. The second kappa shape index (κ2) is 5.75. The van der Waals surface area contributed by atoms with Gasteiger partial charge in [0.15, 0.2) is 5.78 Å². The second-order valence-corrected chi connectivity index (χ2v) is 5.05. The number of halogens is 1. The van der Waals surface area contributed by atoms with Crippen molar-refractivity contribution in [1.82, 2.24) is 0 Å². The zero-order chi connectivity index (χ0) is 13.8. The summed E-state index contributed by atoms with van der Waals surface area (Å²) in [4.78, 5) is 12.3. The van der Waals surface area contributed by atoms with E-state index in [-0.39, 0.29) is 5.78 Å². The summed E-state index contributed by atoms with van der Waals surface area (Å²) >= 11 is 0. The number of hydrogen-bond acceptors (Lipinski definition) is 2. The van der Waals surface area contributed by atoms with E-state index in [1.165, 1.54) is 30.5 Å². The Bertz CT molecular complexity index is 626. The summed E-state index contributed by atoms with van der Waals surface area (Å²) in [6.45, 7) is 0. The third-order valence-electron chi connectivity index (χ3n) is 2.53. The van der Waals surface area contributed by atoms with E-state index in [1.54, 1.807) is 24.3 Å². The van der Waals surface area contributed by atoms with Crippen LogP contribution in [-0.4, -0.2) is 16.2 Å². The molecular weight excluding hydrogens is 265 g/mol. The minimum Gasteiger partial charge on any atom is -0.305 e. The molecule has 0 aliphatic rings. The van der Waals surface area contributed by atoms with E-state index in [1.807, 2.05) is 0 Å². The number of carbonyl (C=O) groups excluding carboxylic acids is 1. The van der Waals surface area contributed by atoms with E-state index >= 15 is 0 Å². The first-order valence-electron chi connectivity index (χ1n) is 5.57. The molecule has 98 valence electrons. The minimum absolute atomic E-state index is 0.242. The summed E-state index contributed by atoms with van der Waals surface area (Å²) < 4.78 is 26.8. The van der Waals surface area contributed by atoms with Crippen molar-refractivity contribution in [1.29, 1.82) is 0 Å². The van der Waals surface area contributed by atoms with Crippen molar-refractivity contribution in [3.05, 3.63) is 65.5 Å². The number of carbonyl (C=O) groups is 1. The fourth-order valence-corrected chi connectivity index (χ4v) is 2.17. The molecule has 0 saturated carbocycles. The van der Waals surface area contributed by atoms with Crippen LogP contribution in [0.5, 0.6) is 0 Å². The molecule has 3 nitrogen and oxygen atoms in total. The average Bonchev–Trinajstić information content (AvgIpc) is 2.39. The zero-order valence-electron chi connectivity index (χ0n) is 10.2. The predicted octanol–water partition coefficient (Wildman–Crippen LogP) is 2.76. The van der Waals surface area contributed by atoms with Gasteiger partial charge in [0, 0.05) is 17.4 Å². The molecule has 1 unspecified atom stereocenters. The highest BCUT2D eigenvalue weighted by molar-refractivity contribution is 7.85. The van der Waals surface area contributed by atoms with Crippen molar-refractivity contribution in [2.75, 3.05) is 11.0 Å². The number of rotatable bonds is 4. The van der Waals surface area contributed by atoms with Gasteiger partial charge in [0.05, 0.1) is 5.69 Å². The van der Waals surface area contributed by atoms with Crippen LogP contribution in [0.1, 0.15) is 15.9 Å². The predicted molar refractivity (Wildman–Crippen MR) is 74.0 cm³/mol. The van der Waals surface area contributed by atoms with Gasteiger partial charge in [0.1, 0.15) is 16.8 Å². The molecule has 0 fully saturated rings. The Balaban J connectivity index is 2.38. The fourth-order valence-electron chi connectivity index (χ4n) is 1.68. The van der Waals surface area contributed by atoms with Crippen LogP contribution in [-0.2, 0) is 11.0 Å². The molecule has 5 heteroatoms. The third-order valence-corrected chi connectivity index (χ3v) is 3.04. The van der Waals surface area contributed by atoms with Gasteiger partial charge in [0.2, 0.25) is 0 Å². The van der Waals surface area contributed by atoms with Crippen molar-refractivity contribution in [3.63, 3.8) is 0 Å². The first-order valence-corrected chi connectivity index (χ1v) is 7.13. The molecule has 0 aliphatic carbocycles. The molecule has 0 spiro atoms. The van der Waals surface area contributed by atoms with Gasteiger partial charge in [-0.3, -0.25) is 4.79 Å². The maximum absolute atomic E-state index is 12.8. The number of ketones is 1. The lowest BCUT2D eigenvalue weighted by Gasteiger charge is -2.09. The van der Waals surface area contributed by atoms with Crippen molar-refractivity contribution in [2.45, 2.75) is 0 Å². The first-order chi connectivity index (χ1) is 9.08. The Morgan fingerprint density at radius 2 is 1.74 bits per heavy atom. The van der Waals surface area contributed by atoms with Crippen LogP contribution in [0.25, 0.3) is 0 Å². The van der Waals surface area contributed by atoms with Gasteiger partial charge >= 0.3 is 0 Å². The van der Waals surface area contributed by atoms with Gasteiger partial charge < -0.3 is 4.72 Å². The van der Waals surface area contributed by atoms with E-state index in [0.29, 0.717) is 16.8 Å². The smallest absolute Gasteiger partial charge is 0.195 e. The molecule has 1 atom stereocenters. The Kier molecular flexibility index (Phi) is 4.06. The Morgan fingerprint density at radius 3 is 2.37 bits per heavy atom. The van der Waals surface area contributed by atoms with E-state index in [0.717, 1.165) is 0 Å². The summed E-state index contributed by atoms with van der Waals surface area (Å²) in [5.41, 5.74) is 1.29.